The third-order valence-corrected chi connectivity index (χ3v) is 5.85. The van der Waals surface area contributed by atoms with Crippen molar-refractivity contribution < 1.29 is 19.1 Å². The van der Waals surface area contributed by atoms with Gasteiger partial charge in [0.1, 0.15) is 11.5 Å². The molecule has 1 aliphatic heterocycles. The Balaban J connectivity index is 1.74. The molecule has 1 aliphatic rings. The van der Waals surface area contributed by atoms with E-state index in [1.165, 1.54) is 4.90 Å². The smallest absolute Gasteiger partial charge is 0.277 e. The molecule has 2 amide bonds. The Morgan fingerprint density at radius 2 is 1.32 bits per heavy atom. The number of carbonyl (C=O) groups is 2. The normalized spacial score (nSPS) is 17.5. The highest BCUT2D eigenvalue weighted by Gasteiger charge is 2.46. The van der Waals surface area contributed by atoms with E-state index in [1.807, 2.05) is 43.3 Å². The van der Waals surface area contributed by atoms with E-state index in [0.717, 1.165) is 11.3 Å². The van der Waals surface area contributed by atoms with Crippen LogP contribution >= 0.6 is 0 Å². The number of nitrogens with one attached hydrogen (secondary N) is 1. The van der Waals surface area contributed by atoms with Gasteiger partial charge in [-0.25, -0.2) is 0 Å². The number of amides is 2. The number of benzene rings is 3. The van der Waals surface area contributed by atoms with Crippen LogP contribution in [0.25, 0.3) is 0 Å². The fraction of sp³-hybridized carbons (Fsp3) is 0.185. The van der Waals surface area contributed by atoms with Gasteiger partial charge in [-0.3, -0.25) is 14.5 Å². The molecule has 1 unspecified atom stereocenters. The Hall–Kier alpha value is -4.26. The van der Waals surface area contributed by atoms with Crippen molar-refractivity contribution >= 4 is 23.2 Å². The number of methoxy groups -OCH3 is 2. The van der Waals surface area contributed by atoms with Crippen molar-refractivity contribution in [3.63, 3.8) is 0 Å². The average molecular weight is 458 g/mol. The quantitative estimate of drug-likeness (QED) is 0.591. The fourth-order valence-corrected chi connectivity index (χ4v) is 3.83. The highest BCUT2D eigenvalue weighted by molar-refractivity contribution is 6.08. The summed E-state index contributed by atoms with van der Waals surface area (Å²) < 4.78 is 10.5. The molecule has 1 heterocycles. The van der Waals surface area contributed by atoms with Crippen molar-refractivity contribution in [2.24, 2.45) is 0 Å². The van der Waals surface area contributed by atoms with Gasteiger partial charge in [0.2, 0.25) is 0 Å². The van der Waals surface area contributed by atoms with Crippen molar-refractivity contribution in [3.8, 4) is 11.5 Å². The number of nitrogens with zero attached hydrogens (tertiary/aromatic N) is 2. The Morgan fingerprint density at radius 3 is 1.85 bits per heavy atom. The standard InChI is InChI=1S/C27H27N3O4/c1-19-5-7-20(8-6-19)25(31)28-27(2)26(32)29(21-9-13-23(33-3)14-10-21)17-18-30(27)22-11-15-24(34-4)16-12-22/h5-18H,1-4H3,(H,28,31). The zero-order valence-electron chi connectivity index (χ0n) is 19.6. The summed E-state index contributed by atoms with van der Waals surface area (Å²) in [6, 6.07) is 21.7. The van der Waals surface area contributed by atoms with E-state index < -0.39 is 5.66 Å². The van der Waals surface area contributed by atoms with E-state index >= 15 is 0 Å². The first-order valence-electron chi connectivity index (χ1n) is 10.8. The lowest BCUT2D eigenvalue weighted by Crippen LogP contribution is -2.67. The van der Waals surface area contributed by atoms with Crippen molar-refractivity contribution in [2.45, 2.75) is 19.5 Å². The summed E-state index contributed by atoms with van der Waals surface area (Å²) in [7, 11) is 3.18. The lowest BCUT2D eigenvalue weighted by atomic mass is 10.0. The van der Waals surface area contributed by atoms with Gasteiger partial charge in [0, 0.05) is 29.3 Å². The molecule has 0 saturated heterocycles. The van der Waals surface area contributed by atoms with Crippen molar-refractivity contribution in [2.75, 3.05) is 24.0 Å². The van der Waals surface area contributed by atoms with Crippen LogP contribution in [-0.2, 0) is 4.79 Å². The number of hydrogen-bond donors (Lipinski definition) is 1. The van der Waals surface area contributed by atoms with Crippen LogP contribution in [0.5, 0.6) is 11.5 Å². The molecule has 174 valence electrons. The number of carbonyl (C=O) groups excluding carboxylic acids is 2. The van der Waals surface area contributed by atoms with Gasteiger partial charge < -0.3 is 19.7 Å². The van der Waals surface area contributed by atoms with Gasteiger partial charge in [-0.2, -0.15) is 0 Å². The van der Waals surface area contributed by atoms with Gasteiger partial charge >= 0.3 is 0 Å². The Kier molecular flexibility index (Phi) is 6.27. The van der Waals surface area contributed by atoms with Crippen molar-refractivity contribution in [1.29, 1.82) is 0 Å². The van der Waals surface area contributed by atoms with Gasteiger partial charge in [0.15, 0.2) is 5.66 Å². The molecular formula is C27H27N3O4. The highest BCUT2D eigenvalue weighted by Crippen LogP contribution is 2.33. The first-order valence-corrected chi connectivity index (χ1v) is 10.8. The monoisotopic (exact) mass is 457 g/mol. The minimum Gasteiger partial charge on any atom is -0.497 e. The molecule has 0 fully saturated rings. The summed E-state index contributed by atoms with van der Waals surface area (Å²) in [6.45, 7) is 3.66. The van der Waals surface area contributed by atoms with E-state index in [1.54, 1.807) is 74.8 Å². The second-order valence-corrected chi connectivity index (χ2v) is 8.13. The van der Waals surface area contributed by atoms with Crippen LogP contribution in [0.3, 0.4) is 0 Å². The maximum absolute atomic E-state index is 13.9. The molecule has 34 heavy (non-hydrogen) atoms. The molecule has 1 atom stereocenters. The van der Waals surface area contributed by atoms with E-state index in [4.69, 9.17) is 9.47 Å². The number of rotatable bonds is 6. The van der Waals surface area contributed by atoms with E-state index in [9.17, 15) is 9.59 Å². The van der Waals surface area contributed by atoms with E-state index in [-0.39, 0.29) is 11.8 Å². The predicted octanol–water partition coefficient (Wildman–Crippen LogP) is 4.48. The molecule has 0 aliphatic carbocycles. The van der Waals surface area contributed by atoms with Crippen LogP contribution < -0.4 is 24.6 Å². The first kappa shape index (κ1) is 22.9. The van der Waals surface area contributed by atoms with Gasteiger partial charge in [-0.15, -0.1) is 0 Å². The van der Waals surface area contributed by atoms with Crippen LogP contribution in [0.15, 0.2) is 85.2 Å². The minimum absolute atomic E-state index is 0.309. The molecule has 0 spiro atoms. The maximum atomic E-state index is 13.9. The van der Waals surface area contributed by atoms with Gasteiger partial charge in [0.25, 0.3) is 11.8 Å². The van der Waals surface area contributed by atoms with Crippen LogP contribution in [0, 0.1) is 6.92 Å². The van der Waals surface area contributed by atoms with E-state index in [0.29, 0.717) is 22.7 Å². The third kappa shape index (κ3) is 4.32. The summed E-state index contributed by atoms with van der Waals surface area (Å²) in [5.74, 6) is 0.726. The summed E-state index contributed by atoms with van der Waals surface area (Å²) in [5.41, 5.74) is 1.51. The summed E-state index contributed by atoms with van der Waals surface area (Å²) in [5, 5.41) is 2.97. The second-order valence-electron chi connectivity index (χ2n) is 8.13. The maximum Gasteiger partial charge on any atom is 0.277 e. The number of anilines is 2. The summed E-state index contributed by atoms with van der Waals surface area (Å²) in [4.78, 5) is 30.4. The lowest BCUT2D eigenvalue weighted by Gasteiger charge is -2.45. The average Bonchev–Trinajstić information content (AvgIpc) is 2.86. The Bertz CT molecular complexity index is 1200. The van der Waals surface area contributed by atoms with Gasteiger partial charge in [0.05, 0.1) is 14.2 Å². The molecule has 0 bridgehead atoms. The van der Waals surface area contributed by atoms with Crippen LogP contribution in [0.1, 0.15) is 22.8 Å². The molecule has 3 aromatic rings. The van der Waals surface area contributed by atoms with Crippen LogP contribution in [0.4, 0.5) is 11.4 Å². The van der Waals surface area contributed by atoms with Gasteiger partial charge in [-0.05, 0) is 74.5 Å². The minimum atomic E-state index is -1.40. The zero-order chi connectivity index (χ0) is 24.3. The fourth-order valence-electron chi connectivity index (χ4n) is 3.83. The Labute approximate surface area is 199 Å². The topological polar surface area (TPSA) is 71.1 Å². The third-order valence-electron chi connectivity index (χ3n) is 5.85. The molecule has 0 aromatic heterocycles. The van der Waals surface area contributed by atoms with Crippen molar-refractivity contribution in [3.05, 3.63) is 96.3 Å². The summed E-state index contributed by atoms with van der Waals surface area (Å²) >= 11 is 0. The lowest BCUT2D eigenvalue weighted by molar-refractivity contribution is -0.123. The molecule has 7 heteroatoms. The second kappa shape index (κ2) is 9.31. The number of hydrogen-bond acceptors (Lipinski definition) is 5. The van der Waals surface area contributed by atoms with Crippen molar-refractivity contribution in [1.82, 2.24) is 5.32 Å². The Morgan fingerprint density at radius 1 is 0.794 bits per heavy atom. The molecular weight excluding hydrogens is 430 g/mol. The molecule has 3 aromatic carbocycles. The number of aryl methyl sites for hydroxylation is 1. The summed E-state index contributed by atoms with van der Waals surface area (Å²) in [6.07, 6.45) is 3.47. The van der Waals surface area contributed by atoms with Crippen LogP contribution in [-0.4, -0.2) is 31.7 Å². The predicted molar refractivity (Wildman–Crippen MR) is 132 cm³/mol. The largest absolute Gasteiger partial charge is 0.497 e. The van der Waals surface area contributed by atoms with Gasteiger partial charge in [-0.1, -0.05) is 17.7 Å². The molecule has 4 rings (SSSR count). The molecule has 0 saturated carbocycles. The highest BCUT2D eigenvalue weighted by atomic mass is 16.5. The zero-order valence-corrected chi connectivity index (χ0v) is 19.6. The number of ether oxygens (including phenoxy) is 2. The van der Waals surface area contributed by atoms with Crippen LogP contribution in [0.2, 0.25) is 0 Å². The molecule has 0 radical (unpaired) electrons. The first-order chi connectivity index (χ1) is 16.4. The SMILES string of the molecule is COc1ccc(N2C=CN(c3ccc(OC)cc3)C(C)(NC(=O)c3ccc(C)cc3)C2=O)cc1. The molecule has 7 nitrogen and oxygen atoms in total. The molecule has 1 N–H and O–H groups in total. The van der Waals surface area contributed by atoms with E-state index in [2.05, 4.69) is 5.32 Å².